The number of benzene rings is 1. The summed E-state index contributed by atoms with van der Waals surface area (Å²) in [6, 6.07) is 3.81. The normalized spacial score (nSPS) is 13.1. The predicted molar refractivity (Wildman–Crippen MR) is 80.7 cm³/mol. The van der Waals surface area contributed by atoms with Crippen LogP contribution in [0.5, 0.6) is 0 Å². The van der Waals surface area contributed by atoms with Crippen molar-refractivity contribution in [1.82, 2.24) is 9.03 Å². The fraction of sp³-hybridized carbons (Fsp3) is 0.455. The summed E-state index contributed by atoms with van der Waals surface area (Å²) in [5.41, 5.74) is 5.49. The van der Waals surface area contributed by atoms with Gasteiger partial charge in [-0.3, -0.25) is 0 Å². The van der Waals surface area contributed by atoms with Crippen molar-refractivity contribution in [3.05, 3.63) is 34.6 Å². The Morgan fingerprint density at radius 1 is 1.50 bits per heavy atom. The molecule has 0 amide bonds. The van der Waals surface area contributed by atoms with E-state index in [0.29, 0.717) is 0 Å². The van der Waals surface area contributed by atoms with Crippen molar-refractivity contribution in [2.75, 3.05) is 13.6 Å². The third kappa shape index (κ3) is 5.16. The maximum Gasteiger partial charge on any atom is 0.279 e. The van der Waals surface area contributed by atoms with Crippen LogP contribution in [0, 0.1) is 5.82 Å². The van der Waals surface area contributed by atoms with Crippen LogP contribution in [-0.4, -0.2) is 32.4 Å². The van der Waals surface area contributed by atoms with Gasteiger partial charge in [-0.05, 0) is 19.1 Å². The molecule has 0 aliphatic heterocycles. The van der Waals surface area contributed by atoms with Crippen molar-refractivity contribution in [2.45, 2.75) is 19.5 Å². The molecule has 1 aromatic carbocycles. The fourth-order valence-corrected chi connectivity index (χ4v) is 2.69. The lowest BCUT2D eigenvalue weighted by Gasteiger charge is -2.21. The third-order valence-corrected chi connectivity index (χ3v) is 4.56. The molecule has 0 saturated carbocycles. The van der Waals surface area contributed by atoms with Crippen LogP contribution in [0.4, 0.5) is 4.39 Å². The molecule has 0 fully saturated rings. The van der Waals surface area contributed by atoms with Crippen molar-refractivity contribution < 1.29 is 12.8 Å². The molecule has 0 radical (unpaired) electrons. The minimum atomic E-state index is -3.73. The second-order valence-corrected chi connectivity index (χ2v) is 6.43. The monoisotopic (exact) mass is 345 g/mol. The van der Waals surface area contributed by atoms with Gasteiger partial charge in [-0.15, -0.1) is 12.4 Å². The summed E-state index contributed by atoms with van der Waals surface area (Å²) < 4.78 is 40.8. The highest BCUT2D eigenvalue weighted by Crippen LogP contribution is 2.21. The molecule has 0 spiro atoms. The summed E-state index contributed by atoms with van der Waals surface area (Å²) in [5.74, 6) is -0.540. The maximum absolute atomic E-state index is 13.6. The van der Waals surface area contributed by atoms with Crippen molar-refractivity contribution in [3.8, 4) is 0 Å². The zero-order valence-electron chi connectivity index (χ0n) is 11.1. The average Bonchev–Trinajstić information content (AvgIpc) is 2.33. The lowest BCUT2D eigenvalue weighted by Crippen LogP contribution is -2.45. The Hall–Kier alpha value is -0.440. The summed E-state index contributed by atoms with van der Waals surface area (Å²) in [6.45, 7) is 1.66. The topological polar surface area (TPSA) is 75.4 Å². The summed E-state index contributed by atoms with van der Waals surface area (Å²) >= 11 is 5.85. The highest BCUT2D eigenvalue weighted by molar-refractivity contribution is 7.87. The molecular weight excluding hydrogens is 328 g/mol. The molecule has 116 valence electrons. The number of nitrogens with two attached hydrogens (primary N) is 1. The van der Waals surface area contributed by atoms with Gasteiger partial charge < -0.3 is 5.73 Å². The average molecular weight is 346 g/mol. The fourth-order valence-electron chi connectivity index (χ4n) is 1.38. The summed E-state index contributed by atoms with van der Waals surface area (Å²) in [7, 11) is -2.38. The molecule has 0 bridgehead atoms. The van der Waals surface area contributed by atoms with Crippen LogP contribution in [0.1, 0.15) is 12.5 Å². The Morgan fingerprint density at radius 3 is 2.60 bits per heavy atom. The van der Waals surface area contributed by atoms with Crippen LogP contribution in [0.2, 0.25) is 5.02 Å². The molecule has 3 N–H and O–H groups in total. The zero-order valence-corrected chi connectivity index (χ0v) is 13.5. The Balaban J connectivity index is 0.00000361. The number of halogens is 3. The van der Waals surface area contributed by atoms with Gasteiger partial charge in [0.05, 0.1) is 0 Å². The van der Waals surface area contributed by atoms with E-state index in [1.165, 1.54) is 25.2 Å². The number of hydrogen-bond donors (Lipinski definition) is 2. The van der Waals surface area contributed by atoms with E-state index in [0.717, 1.165) is 4.31 Å². The van der Waals surface area contributed by atoms with Crippen LogP contribution < -0.4 is 10.5 Å². The van der Waals surface area contributed by atoms with Crippen LogP contribution in [-0.2, 0) is 16.8 Å². The van der Waals surface area contributed by atoms with E-state index in [-0.39, 0.29) is 36.1 Å². The molecule has 0 aliphatic carbocycles. The van der Waals surface area contributed by atoms with E-state index in [1.54, 1.807) is 6.92 Å². The van der Waals surface area contributed by atoms with Gasteiger partial charge >= 0.3 is 0 Å². The highest BCUT2D eigenvalue weighted by atomic mass is 35.5. The summed E-state index contributed by atoms with van der Waals surface area (Å²) in [5, 5.41) is 0.189. The molecule has 9 heteroatoms. The lowest BCUT2D eigenvalue weighted by atomic mass is 10.2. The first-order valence-electron chi connectivity index (χ1n) is 5.64. The lowest BCUT2D eigenvalue weighted by molar-refractivity contribution is 0.439. The second-order valence-electron chi connectivity index (χ2n) is 4.22. The van der Waals surface area contributed by atoms with Gasteiger partial charge in [0.25, 0.3) is 10.2 Å². The summed E-state index contributed by atoms with van der Waals surface area (Å²) in [4.78, 5) is 0. The Kier molecular flexibility index (Phi) is 7.93. The Bertz CT molecular complexity index is 522. The van der Waals surface area contributed by atoms with Crippen molar-refractivity contribution >= 4 is 34.2 Å². The van der Waals surface area contributed by atoms with E-state index in [4.69, 9.17) is 17.3 Å². The smallest absolute Gasteiger partial charge is 0.279 e. The van der Waals surface area contributed by atoms with Crippen LogP contribution >= 0.6 is 24.0 Å². The molecule has 1 aromatic rings. The quantitative estimate of drug-likeness (QED) is 0.820. The van der Waals surface area contributed by atoms with Gasteiger partial charge in [0, 0.05) is 36.8 Å². The van der Waals surface area contributed by atoms with Crippen molar-refractivity contribution in [1.29, 1.82) is 0 Å². The van der Waals surface area contributed by atoms with Crippen LogP contribution in [0.3, 0.4) is 0 Å². The number of rotatable bonds is 6. The van der Waals surface area contributed by atoms with Crippen LogP contribution in [0.15, 0.2) is 18.2 Å². The number of nitrogens with zero attached hydrogens (tertiary/aromatic N) is 1. The molecule has 20 heavy (non-hydrogen) atoms. The highest BCUT2D eigenvalue weighted by Gasteiger charge is 2.21. The van der Waals surface area contributed by atoms with E-state index >= 15 is 0 Å². The number of hydrogen-bond acceptors (Lipinski definition) is 3. The molecule has 5 nitrogen and oxygen atoms in total. The molecular formula is C11H18Cl2FN3O2S. The molecule has 1 atom stereocenters. The number of nitrogens with one attached hydrogen (secondary N) is 1. The van der Waals surface area contributed by atoms with Gasteiger partial charge in [-0.1, -0.05) is 17.7 Å². The van der Waals surface area contributed by atoms with Gasteiger partial charge in [0.1, 0.15) is 5.82 Å². The standard InChI is InChI=1S/C11H17ClFN3O2S.ClH/c1-8(6-14)15-19(17,18)16(2)7-9-10(12)4-3-5-11(9)13;/h3-5,8,15H,6-7,14H2,1-2H3;1H/t8-;/m0./s1. The SMILES string of the molecule is C[C@@H](CN)NS(=O)(=O)N(C)Cc1c(F)cccc1Cl.Cl. The van der Waals surface area contributed by atoms with Gasteiger partial charge in [0.2, 0.25) is 0 Å². The minimum absolute atomic E-state index is 0. The molecule has 0 heterocycles. The van der Waals surface area contributed by atoms with E-state index in [2.05, 4.69) is 4.72 Å². The first-order valence-corrected chi connectivity index (χ1v) is 7.46. The predicted octanol–water partition coefficient (Wildman–Crippen LogP) is 1.51. The Morgan fingerprint density at radius 2 is 2.10 bits per heavy atom. The van der Waals surface area contributed by atoms with Crippen molar-refractivity contribution in [2.24, 2.45) is 5.73 Å². The first kappa shape index (κ1) is 19.6. The van der Waals surface area contributed by atoms with Gasteiger partial charge in [-0.25, -0.2) is 4.39 Å². The van der Waals surface area contributed by atoms with E-state index < -0.39 is 22.1 Å². The second kappa shape index (κ2) is 8.11. The first-order chi connectivity index (χ1) is 8.77. The third-order valence-electron chi connectivity index (χ3n) is 2.56. The van der Waals surface area contributed by atoms with Gasteiger partial charge in [0.15, 0.2) is 0 Å². The molecule has 0 aromatic heterocycles. The molecule has 1 rings (SSSR count). The van der Waals surface area contributed by atoms with Crippen molar-refractivity contribution in [3.63, 3.8) is 0 Å². The molecule has 0 unspecified atom stereocenters. The van der Waals surface area contributed by atoms with E-state index in [9.17, 15) is 12.8 Å². The molecule has 0 aliphatic rings. The summed E-state index contributed by atoms with van der Waals surface area (Å²) in [6.07, 6.45) is 0. The molecule has 0 saturated heterocycles. The van der Waals surface area contributed by atoms with Gasteiger partial charge in [-0.2, -0.15) is 17.4 Å². The largest absolute Gasteiger partial charge is 0.329 e. The minimum Gasteiger partial charge on any atom is -0.329 e. The zero-order chi connectivity index (χ0) is 14.6. The maximum atomic E-state index is 13.6. The van der Waals surface area contributed by atoms with Crippen LogP contribution in [0.25, 0.3) is 0 Å². The van der Waals surface area contributed by atoms with E-state index in [1.807, 2.05) is 0 Å². The Labute approximate surface area is 129 Å².